The molecule has 2 N–H and O–H groups in total. The molecule has 0 saturated heterocycles. The molecule has 0 aliphatic heterocycles. The van der Waals surface area contributed by atoms with E-state index in [4.69, 9.17) is 14.6 Å². The number of carboxylic acids is 2. The lowest BCUT2D eigenvalue weighted by Gasteiger charge is -2.29. The third-order valence-corrected chi connectivity index (χ3v) is 3.13. The molecule has 0 aliphatic carbocycles. The van der Waals surface area contributed by atoms with Crippen LogP contribution in [-0.4, -0.2) is 35.4 Å². The number of hydrogen-bond acceptors (Lipinski definition) is 4. The van der Waals surface area contributed by atoms with Crippen molar-refractivity contribution < 1.29 is 29.3 Å². The Morgan fingerprint density at radius 2 is 1.50 bits per heavy atom. The molecule has 0 saturated carbocycles. The van der Waals surface area contributed by atoms with Gasteiger partial charge in [0.05, 0.1) is 31.2 Å². The van der Waals surface area contributed by atoms with Crippen LogP contribution in [0.15, 0.2) is 25.7 Å². The largest absolute Gasteiger partial charge is 0.502 e. The smallest absolute Gasteiger partial charge is 0.309 e. The number of hydrogen-bond donors (Lipinski definition) is 2. The third-order valence-electron chi connectivity index (χ3n) is 3.13. The topological polar surface area (TPSA) is 93.1 Å². The zero-order chi connectivity index (χ0) is 15.4. The Balaban J connectivity index is 4.70. The second-order valence-corrected chi connectivity index (χ2v) is 4.41. The van der Waals surface area contributed by atoms with Gasteiger partial charge in [0, 0.05) is 6.42 Å². The van der Waals surface area contributed by atoms with Crippen molar-refractivity contribution in [3.63, 3.8) is 0 Å². The van der Waals surface area contributed by atoms with Gasteiger partial charge in [0.1, 0.15) is 0 Å². The van der Waals surface area contributed by atoms with Crippen molar-refractivity contribution in [2.45, 2.75) is 32.1 Å². The van der Waals surface area contributed by atoms with Crippen LogP contribution in [-0.2, 0) is 19.1 Å². The molecule has 0 aromatic carbocycles. The van der Waals surface area contributed by atoms with E-state index in [1.807, 2.05) is 0 Å². The number of ether oxygens (including phenoxy) is 2. The molecule has 0 bridgehead atoms. The molecule has 0 fully saturated rings. The van der Waals surface area contributed by atoms with Gasteiger partial charge in [-0.1, -0.05) is 13.2 Å². The minimum absolute atomic E-state index is 0.0559. The van der Waals surface area contributed by atoms with Gasteiger partial charge >= 0.3 is 11.9 Å². The first kappa shape index (κ1) is 18.0. The Bertz CT molecular complexity index is 323. The van der Waals surface area contributed by atoms with Crippen LogP contribution < -0.4 is 0 Å². The molecule has 0 aromatic rings. The minimum atomic E-state index is -1.05. The van der Waals surface area contributed by atoms with E-state index in [2.05, 4.69) is 13.2 Å². The zero-order valence-electron chi connectivity index (χ0n) is 11.5. The van der Waals surface area contributed by atoms with Crippen LogP contribution >= 0.6 is 0 Å². The summed E-state index contributed by atoms with van der Waals surface area (Å²) in [7, 11) is 0. The molecule has 0 unspecified atom stereocenters. The highest BCUT2D eigenvalue weighted by molar-refractivity contribution is 5.74. The summed E-state index contributed by atoms with van der Waals surface area (Å²) in [5.74, 6) is -1.91. The normalized spacial score (nSPS) is 10.6. The van der Waals surface area contributed by atoms with E-state index in [9.17, 15) is 14.7 Å². The van der Waals surface area contributed by atoms with Crippen LogP contribution in [0.25, 0.3) is 0 Å². The third kappa shape index (κ3) is 6.82. The Hall–Kier alpha value is -1.98. The molecule has 0 spiro atoms. The quantitative estimate of drug-likeness (QED) is 0.399. The van der Waals surface area contributed by atoms with E-state index in [0.717, 1.165) is 0 Å². The Morgan fingerprint density at radius 3 is 1.85 bits per heavy atom. The molecule has 20 heavy (non-hydrogen) atoms. The predicted molar refractivity (Wildman–Crippen MR) is 73.1 cm³/mol. The van der Waals surface area contributed by atoms with Gasteiger partial charge in [0.2, 0.25) is 0 Å². The van der Waals surface area contributed by atoms with E-state index in [-0.39, 0.29) is 38.9 Å². The average molecular weight is 286 g/mol. The highest BCUT2D eigenvalue weighted by atomic mass is 16.5. The zero-order valence-corrected chi connectivity index (χ0v) is 11.5. The van der Waals surface area contributed by atoms with E-state index >= 15 is 0 Å². The lowest BCUT2D eigenvalue weighted by atomic mass is 9.77. The van der Waals surface area contributed by atoms with Gasteiger partial charge in [0.15, 0.2) is 0 Å². The van der Waals surface area contributed by atoms with Crippen molar-refractivity contribution in [3.8, 4) is 0 Å². The maximum absolute atomic E-state index is 11.6. The maximum atomic E-state index is 11.6. The minimum Gasteiger partial charge on any atom is -0.502 e. The fraction of sp³-hybridized carbons (Fsp3) is 0.571. The van der Waals surface area contributed by atoms with Gasteiger partial charge in [-0.3, -0.25) is 9.59 Å². The number of carboxylic acid groups (broad SMARTS) is 2. The van der Waals surface area contributed by atoms with Crippen LogP contribution in [0.2, 0.25) is 0 Å². The summed E-state index contributed by atoms with van der Waals surface area (Å²) in [5.41, 5.74) is -1.05. The fourth-order valence-corrected chi connectivity index (χ4v) is 1.95. The molecular formula is C14H22O6. The average Bonchev–Trinajstić information content (AvgIpc) is 2.38. The first-order chi connectivity index (χ1) is 9.48. The molecular weight excluding hydrogens is 264 g/mol. The predicted octanol–water partition coefficient (Wildman–Crippen LogP) is 2.41. The van der Waals surface area contributed by atoms with Crippen LogP contribution in [0.1, 0.15) is 32.1 Å². The van der Waals surface area contributed by atoms with Crippen molar-refractivity contribution in [2.24, 2.45) is 5.41 Å². The Kier molecular flexibility index (Phi) is 8.91. The molecule has 0 radical (unpaired) electrons. The van der Waals surface area contributed by atoms with E-state index in [0.29, 0.717) is 6.42 Å². The number of rotatable bonds is 13. The molecule has 6 nitrogen and oxygen atoms in total. The first-order valence-corrected chi connectivity index (χ1v) is 6.38. The van der Waals surface area contributed by atoms with Crippen LogP contribution in [0.5, 0.6) is 0 Å². The standard InChI is InChI=1S/C14H22O6/c1-3-19-10-8-14(13(17)18,9-11-20-4-2)7-5-6-12(15)16/h3-4H,1-2,5-11H2,(H,15,16)(H,17,18). The molecule has 0 atom stereocenters. The SMILES string of the molecule is C=COCCC(CCCC(=O)O)(CCOC=C)C(=O)O. The first-order valence-electron chi connectivity index (χ1n) is 6.38. The molecule has 0 amide bonds. The second-order valence-electron chi connectivity index (χ2n) is 4.41. The monoisotopic (exact) mass is 286 g/mol. The molecule has 0 aliphatic rings. The van der Waals surface area contributed by atoms with Gasteiger partial charge in [-0.15, -0.1) is 0 Å². The summed E-state index contributed by atoms with van der Waals surface area (Å²) in [6.07, 6.45) is 3.55. The highest BCUT2D eigenvalue weighted by Crippen LogP contribution is 2.33. The van der Waals surface area contributed by atoms with Gasteiger partial charge < -0.3 is 19.7 Å². The lowest BCUT2D eigenvalue weighted by molar-refractivity contribution is -0.152. The summed E-state index contributed by atoms with van der Waals surface area (Å²) in [4.78, 5) is 22.1. The van der Waals surface area contributed by atoms with Crippen molar-refractivity contribution in [1.82, 2.24) is 0 Å². The summed E-state index contributed by atoms with van der Waals surface area (Å²) >= 11 is 0. The summed E-state index contributed by atoms with van der Waals surface area (Å²) in [6, 6.07) is 0. The van der Waals surface area contributed by atoms with Crippen LogP contribution in [0.3, 0.4) is 0 Å². The number of carbonyl (C=O) groups is 2. The molecule has 0 rings (SSSR count). The number of aliphatic carboxylic acids is 2. The Labute approximate surface area is 118 Å². The molecule has 0 heterocycles. The summed E-state index contributed by atoms with van der Waals surface area (Å²) in [5, 5.41) is 18.1. The molecule has 0 aromatic heterocycles. The van der Waals surface area contributed by atoms with Gasteiger partial charge in [-0.05, 0) is 25.7 Å². The van der Waals surface area contributed by atoms with Gasteiger partial charge in [-0.25, -0.2) is 0 Å². The van der Waals surface area contributed by atoms with Crippen molar-refractivity contribution in [2.75, 3.05) is 13.2 Å². The summed E-state index contributed by atoms with van der Waals surface area (Å²) < 4.78 is 9.99. The Morgan fingerprint density at radius 1 is 1.00 bits per heavy atom. The lowest BCUT2D eigenvalue weighted by Crippen LogP contribution is -2.34. The van der Waals surface area contributed by atoms with Gasteiger partial charge in [0.25, 0.3) is 0 Å². The second kappa shape index (κ2) is 9.89. The van der Waals surface area contributed by atoms with Crippen LogP contribution in [0.4, 0.5) is 0 Å². The maximum Gasteiger partial charge on any atom is 0.309 e. The van der Waals surface area contributed by atoms with Crippen LogP contribution in [0, 0.1) is 5.41 Å². The molecule has 6 heteroatoms. The van der Waals surface area contributed by atoms with Crippen molar-refractivity contribution in [1.29, 1.82) is 0 Å². The summed E-state index contributed by atoms with van der Waals surface area (Å²) in [6.45, 7) is 7.24. The fourth-order valence-electron chi connectivity index (χ4n) is 1.95. The van der Waals surface area contributed by atoms with E-state index < -0.39 is 17.4 Å². The van der Waals surface area contributed by atoms with E-state index in [1.54, 1.807) is 0 Å². The van der Waals surface area contributed by atoms with Crippen molar-refractivity contribution >= 4 is 11.9 Å². The van der Waals surface area contributed by atoms with Crippen molar-refractivity contribution in [3.05, 3.63) is 25.7 Å². The van der Waals surface area contributed by atoms with E-state index in [1.165, 1.54) is 12.5 Å². The molecule has 114 valence electrons. The van der Waals surface area contributed by atoms with Gasteiger partial charge in [-0.2, -0.15) is 0 Å². The highest BCUT2D eigenvalue weighted by Gasteiger charge is 2.37.